The zero-order valence-electron chi connectivity index (χ0n) is 18.8. The molecule has 2 saturated heterocycles. The van der Waals surface area contributed by atoms with Gasteiger partial charge in [-0.3, -0.25) is 19.3 Å². The van der Waals surface area contributed by atoms with Crippen molar-refractivity contribution < 1.29 is 14.4 Å². The van der Waals surface area contributed by atoms with E-state index in [1.807, 2.05) is 42.5 Å². The van der Waals surface area contributed by atoms with Crippen molar-refractivity contribution in [2.45, 2.75) is 29.8 Å². The molecule has 2 spiro atoms. The van der Waals surface area contributed by atoms with E-state index in [0.717, 1.165) is 12.0 Å². The summed E-state index contributed by atoms with van der Waals surface area (Å²) in [5.74, 6) is -1.67. The molecule has 7 rings (SSSR count). The van der Waals surface area contributed by atoms with Crippen molar-refractivity contribution in [1.82, 2.24) is 4.90 Å². The van der Waals surface area contributed by atoms with Crippen LogP contribution in [-0.4, -0.2) is 35.1 Å². The number of anilines is 2. The summed E-state index contributed by atoms with van der Waals surface area (Å²) >= 11 is 6.46. The molecule has 0 aromatic heterocycles. The molecule has 4 aliphatic rings. The van der Waals surface area contributed by atoms with Gasteiger partial charge in [-0.15, -0.1) is 0 Å². The van der Waals surface area contributed by atoms with Crippen LogP contribution < -0.4 is 10.6 Å². The van der Waals surface area contributed by atoms with Crippen molar-refractivity contribution in [1.29, 1.82) is 0 Å². The molecule has 0 saturated carbocycles. The third-order valence-corrected chi connectivity index (χ3v) is 8.64. The first-order valence-electron chi connectivity index (χ1n) is 11.9. The predicted octanol–water partition coefficient (Wildman–Crippen LogP) is 4.35. The van der Waals surface area contributed by atoms with Crippen LogP contribution in [0.15, 0.2) is 72.8 Å². The van der Waals surface area contributed by atoms with Crippen LogP contribution in [0.2, 0.25) is 5.02 Å². The molecule has 7 heteroatoms. The molecule has 3 aromatic rings. The maximum atomic E-state index is 14.6. The summed E-state index contributed by atoms with van der Waals surface area (Å²) in [5, 5.41) is 6.57. The molecule has 174 valence electrons. The van der Waals surface area contributed by atoms with E-state index in [-0.39, 0.29) is 23.6 Å². The molecule has 35 heavy (non-hydrogen) atoms. The van der Waals surface area contributed by atoms with E-state index in [1.54, 1.807) is 30.3 Å². The SMILES string of the molecule is O=C(c1ccccc1)[C@H]1[C@@]2(C(=O)Nc3ccccc32)[C@H]2CCCN2[C@]12C(=O)Nc1ccc(Cl)cc12. The highest BCUT2D eigenvalue weighted by molar-refractivity contribution is 6.31. The lowest BCUT2D eigenvalue weighted by Crippen LogP contribution is -2.55. The Labute approximate surface area is 207 Å². The fourth-order valence-electron chi connectivity index (χ4n) is 7.29. The van der Waals surface area contributed by atoms with E-state index < -0.39 is 16.9 Å². The Morgan fingerprint density at radius 1 is 0.886 bits per heavy atom. The molecule has 0 radical (unpaired) electrons. The van der Waals surface area contributed by atoms with Gasteiger partial charge < -0.3 is 10.6 Å². The highest BCUT2D eigenvalue weighted by Crippen LogP contribution is 2.66. The predicted molar refractivity (Wildman–Crippen MR) is 132 cm³/mol. The Morgan fingerprint density at radius 3 is 2.43 bits per heavy atom. The molecular formula is C28H22ClN3O3. The molecular weight excluding hydrogens is 462 g/mol. The van der Waals surface area contributed by atoms with Crippen LogP contribution in [0.25, 0.3) is 0 Å². The number of benzene rings is 3. The Kier molecular flexibility index (Phi) is 4.19. The Bertz CT molecular complexity index is 1440. The smallest absolute Gasteiger partial charge is 0.250 e. The summed E-state index contributed by atoms with van der Waals surface area (Å²) in [4.78, 5) is 45.0. The van der Waals surface area contributed by atoms with Crippen molar-refractivity contribution in [3.05, 3.63) is 94.5 Å². The minimum absolute atomic E-state index is 0.213. The molecule has 3 aromatic carbocycles. The van der Waals surface area contributed by atoms with E-state index >= 15 is 0 Å². The number of fused-ring (bicyclic) bond motifs is 7. The molecule has 4 atom stereocenters. The van der Waals surface area contributed by atoms with Crippen LogP contribution in [0.4, 0.5) is 11.4 Å². The quantitative estimate of drug-likeness (QED) is 0.531. The first-order valence-corrected chi connectivity index (χ1v) is 12.3. The normalized spacial score (nSPS) is 30.3. The zero-order valence-corrected chi connectivity index (χ0v) is 19.5. The van der Waals surface area contributed by atoms with Gasteiger partial charge >= 0.3 is 0 Å². The van der Waals surface area contributed by atoms with E-state index in [1.165, 1.54) is 0 Å². The largest absolute Gasteiger partial charge is 0.325 e. The number of carbonyl (C=O) groups is 3. The molecule has 0 unspecified atom stereocenters. The number of nitrogens with one attached hydrogen (secondary N) is 2. The second-order valence-corrected chi connectivity index (χ2v) is 10.2. The highest BCUT2D eigenvalue weighted by Gasteiger charge is 2.78. The van der Waals surface area contributed by atoms with E-state index in [9.17, 15) is 14.4 Å². The second-order valence-electron chi connectivity index (χ2n) is 9.79. The number of halogens is 1. The van der Waals surface area contributed by atoms with Gasteiger partial charge in [0.1, 0.15) is 11.0 Å². The fourth-order valence-corrected chi connectivity index (χ4v) is 7.46. The van der Waals surface area contributed by atoms with Crippen LogP contribution in [0.1, 0.15) is 34.3 Å². The number of amides is 2. The van der Waals surface area contributed by atoms with Crippen molar-refractivity contribution in [3.8, 4) is 0 Å². The summed E-state index contributed by atoms with van der Waals surface area (Å²) in [5.41, 5.74) is 0.737. The van der Waals surface area contributed by atoms with Gasteiger partial charge in [-0.1, -0.05) is 60.1 Å². The number of Topliss-reactive ketones (excluding diaryl/α,β-unsaturated/α-hetero) is 1. The van der Waals surface area contributed by atoms with Gasteiger partial charge in [0.05, 0.1) is 5.92 Å². The van der Waals surface area contributed by atoms with Gasteiger partial charge in [0.2, 0.25) is 11.8 Å². The van der Waals surface area contributed by atoms with Gasteiger partial charge in [-0.05, 0) is 49.2 Å². The first kappa shape index (κ1) is 20.9. The van der Waals surface area contributed by atoms with Crippen molar-refractivity contribution in [3.63, 3.8) is 0 Å². The third kappa shape index (κ3) is 2.36. The Hall–Kier alpha value is -3.48. The van der Waals surface area contributed by atoms with Crippen LogP contribution in [0.3, 0.4) is 0 Å². The number of hydrogen-bond acceptors (Lipinski definition) is 4. The lowest BCUT2D eigenvalue weighted by molar-refractivity contribution is -0.128. The maximum absolute atomic E-state index is 14.6. The number of nitrogens with zero attached hydrogens (tertiary/aromatic N) is 1. The number of rotatable bonds is 2. The third-order valence-electron chi connectivity index (χ3n) is 8.41. The minimum atomic E-state index is -1.34. The average Bonchev–Trinajstić information content (AvgIpc) is 3.59. The standard InChI is InChI=1S/C28H22ClN3O3/c29-17-12-13-21-19(15-17)28(26(35)31-21)24(23(33)16-7-2-1-3-8-16)27(22-11-6-14-32(22)28)18-9-4-5-10-20(18)30-25(27)34/h1-5,7-10,12-13,15,22,24H,6,11,14H2,(H,30,34)(H,31,35)/t22-,24+,27+,28+/m1/s1. The monoisotopic (exact) mass is 483 g/mol. The number of ketones is 1. The summed E-state index contributed by atoms with van der Waals surface area (Å²) in [6.45, 7) is 0.611. The highest BCUT2D eigenvalue weighted by atomic mass is 35.5. The summed E-state index contributed by atoms with van der Waals surface area (Å²) in [6.07, 6.45) is 1.55. The van der Waals surface area contributed by atoms with Crippen LogP contribution >= 0.6 is 11.6 Å². The first-order chi connectivity index (χ1) is 17.0. The van der Waals surface area contributed by atoms with Crippen LogP contribution in [-0.2, 0) is 20.5 Å². The van der Waals surface area contributed by atoms with Gasteiger partial charge in [-0.2, -0.15) is 0 Å². The van der Waals surface area contributed by atoms with E-state index in [4.69, 9.17) is 11.6 Å². The lowest BCUT2D eigenvalue weighted by Gasteiger charge is -2.38. The fraction of sp³-hybridized carbons (Fsp3) is 0.250. The van der Waals surface area contributed by atoms with Gasteiger partial charge in [0.25, 0.3) is 0 Å². The molecule has 4 aliphatic heterocycles. The lowest BCUT2D eigenvalue weighted by atomic mass is 9.60. The topological polar surface area (TPSA) is 78.5 Å². The summed E-state index contributed by atoms with van der Waals surface area (Å²) in [6, 6.07) is 21.6. The maximum Gasteiger partial charge on any atom is 0.250 e. The van der Waals surface area contributed by atoms with Crippen molar-refractivity contribution in [2.75, 3.05) is 17.2 Å². The molecule has 2 fully saturated rings. The van der Waals surface area contributed by atoms with E-state index in [2.05, 4.69) is 15.5 Å². The van der Waals surface area contributed by atoms with Gasteiger partial charge in [0.15, 0.2) is 5.78 Å². The summed E-state index contributed by atoms with van der Waals surface area (Å²) in [7, 11) is 0. The Morgan fingerprint density at radius 2 is 1.60 bits per heavy atom. The van der Waals surface area contributed by atoms with Crippen molar-refractivity contribution in [2.24, 2.45) is 5.92 Å². The molecule has 0 aliphatic carbocycles. The zero-order chi connectivity index (χ0) is 23.9. The second kappa shape index (κ2) is 7.03. The van der Waals surface area contributed by atoms with Gasteiger partial charge in [-0.25, -0.2) is 0 Å². The van der Waals surface area contributed by atoms with E-state index in [0.29, 0.717) is 40.5 Å². The van der Waals surface area contributed by atoms with Gasteiger partial charge in [0, 0.05) is 33.6 Å². The van der Waals surface area contributed by atoms with Crippen molar-refractivity contribution >= 4 is 40.6 Å². The number of carbonyl (C=O) groups excluding carboxylic acids is 3. The molecule has 2 N–H and O–H groups in total. The molecule has 2 amide bonds. The molecule has 4 heterocycles. The van der Waals surface area contributed by atoms with Crippen LogP contribution in [0.5, 0.6) is 0 Å². The average molecular weight is 484 g/mol. The number of para-hydroxylation sites is 1. The minimum Gasteiger partial charge on any atom is -0.325 e. The van der Waals surface area contributed by atoms with Crippen LogP contribution in [0, 0.1) is 5.92 Å². The number of hydrogen-bond donors (Lipinski definition) is 2. The Balaban J connectivity index is 1.60. The molecule has 6 nitrogen and oxygen atoms in total. The summed E-state index contributed by atoms with van der Waals surface area (Å²) < 4.78 is 0. The molecule has 0 bridgehead atoms.